The molecule has 12 heteroatoms. The van der Waals surface area contributed by atoms with Crippen LogP contribution in [0.3, 0.4) is 0 Å². The number of carbonyl (C=O) groups is 1. The van der Waals surface area contributed by atoms with Crippen molar-refractivity contribution in [1.29, 1.82) is 0 Å². The molecule has 0 aliphatic rings. The molecule has 0 atom stereocenters. The molecule has 35 heavy (non-hydrogen) atoms. The van der Waals surface area contributed by atoms with Gasteiger partial charge in [0.15, 0.2) is 11.3 Å². The molecule has 0 saturated heterocycles. The lowest BCUT2D eigenvalue weighted by atomic mass is 10.2. The minimum atomic E-state index is -0.503. The highest BCUT2D eigenvalue weighted by Gasteiger charge is 2.19. The second kappa shape index (κ2) is 8.67. The van der Waals surface area contributed by atoms with Gasteiger partial charge in [-0.05, 0) is 42.8 Å². The first-order valence-corrected chi connectivity index (χ1v) is 10.5. The quantitative estimate of drug-likeness (QED) is 0.297. The van der Waals surface area contributed by atoms with Crippen molar-refractivity contribution in [2.75, 3.05) is 5.32 Å². The Bertz CT molecular complexity index is 1650. The van der Waals surface area contributed by atoms with Crippen molar-refractivity contribution in [2.24, 2.45) is 0 Å². The minimum Gasteiger partial charge on any atom is -0.321 e. The van der Waals surface area contributed by atoms with Crippen molar-refractivity contribution in [3.05, 3.63) is 110 Å². The number of nitro benzene ring substituents is 1. The highest BCUT2D eigenvalue weighted by molar-refractivity contribution is 6.03. The van der Waals surface area contributed by atoms with Crippen molar-refractivity contribution in [1.82, 2.24) is 29.2 Å². The van der Waals surface area contributed by atoms with Crippen LogP contribution in [0.15, 0.2) is 77.7 Å². The van der Waals surface area contributed by atoms with Gasteiger partial charge in [0.25, 0.3) is 11.6 Å². The van der Waals surface area contributed by atoms with E-state index in [2.05, 4.69) is 20.7 Å². The summed E-state index contributed by atoms with van der Waals surface area (Å²) in [5.74, 6) is -0.485. The summed E-state index contributed by atoms with van der Waals surface area (Å²) < 4.78 is 4.18. The molecule has 0 unspecified atom stereocenters. The number of hydrogen-bond donors (Lipinski definition) is 1. The Hall–Kier alpha value is -5.13. The van der Waals surface area contributed by atoms with E-state index in [0.29, 0.717) is 22.7 Å². The number of pyridine rings is 1. The first-order chi connectivity index (χ1) is 16.9. The zero-order valence-electron chi connectivity index (χ0n) is 18.4. The van der Waals surface area contributed by atoms with Gasteiger partial charge in [-0.25, -0.2) is 14.2 Å². The number of nitrogens with zero attached hydrogens (tertiary/aromatic N) is 7. The topological polar surface area (TPSA) is 142 Å². The van der Waals surface area contributed by atoms with E-state index in [4.69, 9.17) is 0 Å². The van der Waals surface area contributed by atoms with Gasteiger partial charge in [0, 0.05) is 24.0 Å². The Labute approximate surface area is 197 Å². The van der Waals surface area contributed by atoms with Gasteiger partial charge in [-0.2, -0.15) is 0 Å². The molecule has 0 spiro atoms. The largest absolute Gasteiger partial charge is 0.350 e. The van der Waals surface area contributed by atoms with Crippen LogP contribution < -0.4 is 11.0 Å². The second-order valence-corrected chi connectivity index (χ2v) is 7.74. The zero-order chi connectivity index (χ0) is 24.5. The van der Waals surface area contributed by atoms with Crippen LogP contribution in [0.25, 0.3) is 11.3 Å². The van der Waals surface area contributed by atoms with E-state index < -0.39 is 10.8 Å². The number of non-ortho nitro benzene ring substituents is 1. The number of amides is 1. The molecule has 12 nitrogen and oxygen atoms in total. The molecule has 174 valence electrons. The molecule has 0 fully saturated rings. The third-order valence-corrected chi connectivity index (χ3v) is 5.40. The molecule has 0 aliphatic heterocycles. The number of nitro groups is 1. The molecule has 0 aliphatic carbocycles. The third kappa shape index (κ3) is 4.15. The number of carbonyl (C=O) groups excluding carboxylic acids is 1. The lowest BCUT2D eigenvalue weighted by Crippen LogP contribution is -2.21. The van der Waals surface area contributed by atoms with Gasteiger partial charge in [-0.15, -0.1) is 10.2 Å². The highest BCUT2D eigenvalue weighted by Crippen LogP contribution is 2.19. The van der Waals surface area contributed by atoms with Crippen LogP contribution in [-0.4, -0.2) is 40.0 Å². The number of anilines is 1. The molecule has 0 saturated carbocycles. The fourth-order valence-electron chi connectivity index (χ4n) is 3.70. The lowest BCUT2D eigenvalue weighted by molar-refractivity contribution is -0.384. The maximum atomic E-state index is 12.9. The summed E-state index contributed by atoms with van der Waals surface area (Å²) in [5, 5.41) is 26.1. The number of rotatable bonds is 6. The first kappa shape index (κ1) is 21.7. The zero-order valence-corrected chi connectivity index (χ0v) is 18.4. The fourth-order valence-corrected chi connectivity index (χ4v) is 3.70. The van der Waals surface area contributed by atoms with Crippen LogP contribution in [-0.2, 0) is 6.54 Å². The molecular weight excluding hydrogens is 452 g/mol. The maximum Gasteiger partial charge on any atom is 0.350 e. The van der Waals surface area contributed by atoms with Crippen LogP contribution in [0.2, 0.25) is 0 Å². The van der Waals surface area contributed by atoms with Gasteiger partial charge >= 0.3 is 5.69 Å². The number of hydrogen-bond acceptors (Lipinski definition) is 7. The molecule has 3 aromatic heterocycles. The van der Waals surface area contributed by atoms with Gasteiger partial charge < -0.3 is 5.32 Å². The number of fused-ring (bicyclic) bond motifs is 1. The van der Waals surface area contributed by atoms with Crippen molar-refractivity contribution in [3.63, 3.8) is 0 Å². The standard InChI is InChI=1S/C23H18N8O4/c1-15-21(25-27-30(15)18-8-5-9-19(13-18)31(34)35)22(32)24-17-7-4-6-16(12-17)14-29-23(33)28-11-3-2-10-20(28)26-29/h2-13H,14H2,1H3,(H,24,32). The number of aromatic nitrogens is 6. The first-order valence-electron chi connectivity index (χ1n) is 10.5. The molecule has 0 bridgehead atoms. The number of benzene rings is 2. The summed E-state index contributed by atoms with van der Waals surface area (Å²) >= 11 is 0. The van der Waals surface area contributed by atoms with E-state index in [1.54, 1.807) is 55.6 Å². The van der Waals surface area contributed by atoms with Crippen LogP contribution in [0, 0.1) is 17.0 Å². The lowest BCUT2D eigenvalue weighted by Gasteiger charge is -2.07. The third-order valence-electron chi connectivity index (χ3n) is 5.40. The molecule has 2 aromatic carbocycles. The number of nitrogens with one attached hydrogen (secondary N) is 1. The van der Waals surface area contributed by atoms with Crippen molar-refractivity contribution >= 4 is 22.9 Å². The summed E-state index contributed by atoms with van der Waals surface area (Å²) in [6, 6.07) is 18.3. The van der Waals surface area contributed by atoms with E-state index in [0.717, 1.165) is 5.56 Å². The predicted octanol–water partition coefficient (Wildman–Crippen LogP) is 2.59. The van der Waals surface area contributed by atoms with Gasteiger partial charge in [0.1, 0.15) is 0 Å². The Balaban J connectivity index is 1.36. The van der Waals surface area contributed by atoms with E-state index in [1.807, 2.05) is 6.07 Å². The normalized spacial score (nSPS) is 11.0. The summed E-state index contributed by atoms with van der Waals surface area (Å²) in [7, 11) is 0. The molecule has 5 rings (SSSR count). The molecule has 1 N–H and O–H groups in total. The SMILES string of the molecule is Cc1c(C(=O)Nc2cccc(Cn3nc4ccccn4c3=O)c2)nnn1-c1cccc([N+](=O)[O-])c1. The van der Waals surface area contributed by atoms with Gasteiger partial charge in [0.05, 0.1) is 22.8 Å². The Morgan fingerprint density at radius 2 is 1.91 bits per heavy atom. The van der Waals surface area contributed by atoms with Crippen LogP contribution >= 0.6 is 0 Å². The molecule has 3 heterocycles. The maximum absolute atomic E-state index is 12.9. The van der Waals surface area contributed by atoms with E-state index >= 15 is 0 Å². The van der Waals surface area contributed by atoms with Crippen LogP contribution in [0.4, 0.5) is 11.4 Å². The van der Waals surface area contributed by atoms with E-state index in [9.17, 15) is 19.7 Å². The van der Waals surface area contributed by atoms with Gasteiger partial charge in [-0.1, -0.05) is 29.5 Å². The summed E-state index contributed by atoms with van der Waals surface area (Å²) in [6.45, 7) is 1.88. The molecular formula is C23H18N8O4. The van der Waals surface area contributed by atoms with Crippen molar-refractivity contribution in [3.8, 4) is 5.69 Å². The Kier molecular flexibility index (Phi) is 5.37. The minimum absolute atomic E-state index is 0.0819. The van der Waals surface area contributed by atoms with E-state index in [-0.39, 0.29) is 23.6 Å². The summed E-state index contributed by atoms with van der Waals surface area (Å²) in [6.07, 6.45) is 1.65. The summed E-state index contributed by atoms with van der Waals surface area (Å²) in [4.78, 5) is 36.0. The van der Waals surface area contributed by atoms with Gasteiger partial charge in [-0.3, -0.25) is 19.3 Å². The average Bonchev–Trinajstić information content (AvgIpc) is 3.39. The monoisotopic (exact) mass is 470 g/mol. The second-order valence-electron chi connectivity index (χ2n) is 7.74. The Morgan fingerprint density at radius 1 is 1.09 bits per heavy atom. The fraction of sp³-hybridized carbons (Fsp3) is 0.0870. The van der Waals surface area contributed by atoms with Crippen LogP contribution in [0.5, 0.6) is 0 Å². The predicted molar refractivity (Wildman–Crippen MR) is 126 cm³/mol. The van der Waals surface area contributed by atoms with Crippen LogP contribution in [0.1, 0.15) is 21.7 Å². The van der Waals surface area contributed by atoms with E-state index in [1.165, 1.54) is 32.0 Å². The van der Waals surface area contributed by atoms with Crippen molar-refractivity contribution in [2.45, 2.75) is 13.5 Å². The summed E-state index contributed by atoms with van der Waals surface area (Å²) in [5.41, 5.74) is 2.40. The van der Waals surface area contributed by atoms with Crippen molar-refractivity contribution < 1.29 is 9.72 Å². The average molecular weight is 470 g/mol. The molecule has 5 aromatic rings. The molecule has 0 radical (unpaired) electrons. The Morgan fingerprint density at radius 3 is 2.71 bits per heavy atom. The molecule has 1 amide bonds. The smallest absolute Gasteiger partial charge is 0.321 e. The van der Waals surface area contributed by atoms with Gasteiger partial charge in [0.2, 0.25) is 0 Å². The highest BCUT2D eigenvalue weighted by atomic mass is 16.6.